The van der Waals surface area contributed by atoms with E-state index >= 15 is 0 Å². The average Bonchev–Trinajstić information content (AvgIpc) is 3.46. The Morgan fingerprint density at radius 1 is 0.952 bits per heavy atom. The van der Waals surface area contributed by atoms with Gasteiger partial charge in [-0.05, 0) is 73.0 Å². The van der Waals surface area contributed by atoms with E-state index in [0.717, 1.165) is 22.4 Å². The van der Waals surface area contributed by atoms with Gasteiger partial charge in [0.25, 0.3) is 15.9 Å². The van der Waals surface area contributed by atoms with E-state index in [2.05, 4.69) is 0 Å². The number of carbonyl (C=O) groups is 2. The van der Waals surface area contributed by atoms with Crippen LogP contribution in [0.25, 0.3) is 21.8 Å². The Bertz CT molecular complexity index is 2030. The van der Waals surface area contributed by atoms with Crippen LogP contribution in [-0.4, -0.2) is 50.4 Å². The van der Waals surface area contributed by atoms with E-state index in [-0.39, 0.29) is 28.4 Å². The molecule has 0 atom stereocenters. The largest absolute Gasteiger partial charge is 0.465 e. The number of aryl methyl sites for hydroxylation is 2. The number of carbonyl (C=O) groups excluding carboxylic acids is 2. The van der Waals surface area contributed by atoms with Gasteiger partial charge >= 0.3 is 5.97 Å². The molecular weight excluding hydrogens is 550 g/mol. The molecule has 0 spiro atoms. The van der Waals surface area contributed by atoms with Crippen LogP contribution in [0.15, 0.2) is 77.7 Å². The second-order valence-corrected chi connectivity index (χ2v) is 12.8. The molecule has 2 heterocycles. The van der Waals surface area contributed by atoms with Gasteiger partial charge < -0.3 is 14.5 Å². The van der Waals surface area contributed by atoms with Crippen molar-refractivity contribution in [2.45, 2.75) is 31.8 Å². The summed E-state index contributed by atoms with van der Waals surface area (Å²) in [5.74, 6) is -0.884. The smallest absolute Gasteiger partial charge is 0.340 e. The summed E-state index contributed by atoms with van der Waals surface area (Å²) < 4.78 is 34.9. The van der Waals surface area contributed by atoms with Crippen LogP contribution in [0, 0.1) is 13.8 Å². The number of nitrogens with zero attached hydrogens (tertiary/aromatic N) is 3. The standard InChI is InChI=1S/C33H31N3O5S/c1-20-7-6-8-25(15-20)42(39,40)36-28-14-9-21(2)16-26(28)30-29-23(17-27(31(30)36)33(38)41-5)19-35(32(29)37)18-22-10-12-24(13-11-22)34(3)4/h6-17H,18-19H2,1-5H3. The second-order valence-electron chi connectivity index (χ2n) is 11.0. The van der Waals surface area contributed by atoms with Crippen LogP contribution in [-0.2, 0) is 27.8 Å². The van der Waals surface area contributed by atoms with E-state index in [1.54, 1.807) is 29.2 Å². The molecule has 9 heteroatoms. The van der Waals surface area contributed by atoms with Gasteiger partial charge in [-0.2, -0.15) is 0 Å². The predicted molar refractivity (Wildman–Crippen MR) is 164 cm³/mol. The predicted octanol–water partition coefficient (Wildman–Crippen LogP) is 5.66. The second kappa shape index (κ2) is 10.0. The third kappa shape index (κ3) is 4.32. The number of rotatable bonds is 6. The normalized spacial score (nSPS) is 13.2. The minimum absolute atomic E-state index is 0.0901. The Morgan fingerprint density at radius 2 is 1.67 bits per heavy atom. The molecule has 0 radical (unpaired) electrons. The number of ether oxygens (including phenoxy) is 1. The van der Waals surface area contributed by atoms with Crippen LogP contribution < -0.4 is 4.90 Å². The highest BCUT2D eigenvalue weighted by Crippen LogP contribution is 2.42. The summed E-state index contributed by atoms with van der Waals surface area (Å²) in [5, 5.41) is 1.03. The third-order valence-electron chi connectivity index (χ3n) is 7.85. The molecule has 0 aliphatic carbocycles. The van der Waals surface area contributed by atoms with Gasteiger partial charge in [-0.15, -0.1) is 0 Å². The Labute approximate surface area is 244 Å². The van der Waals surface area contributed by atoms with E-state index < -0.39 is 16.0 Å². The van der Waals surface area contributed by atoms with Crippen LogP contribution in [0.1, 0.15) is 43.0 Å². The highest BCUT2D eigenvalue weighted by molar-refractivity contribution is 7.90. The van der Waals surface area contributed by atoms with Gasteiger partial charge in [0.2, 0.25) is 0 Å². The zero-order valence-corrected chi connectivity index (χ0v) is 25.0. The van der Waals surface area contributed by atoms with Crippen molar-refractivity contribution in [1.82, 2.24) is 8.87 Å². The fraction of sp³-hybridized carbons (Fsp3) is 0.212. The minimum Gasteiger partial charge on any atom is -0.465 e. The van der Waals surface area contributed by atoms with E-state index in [1.807, 2.05) is 75.3 Å². The average molecular weight is 582 g/mol. The molecule has 1 aliphatic rings. The van der Waals surface area contributed by atoms with Crippen molar-refractivity contribution in [1.29, 1.82) is 0 Å². The van der Waals surface area contributed by atoms with Gasteiger partial charge in [-0.25, -0.2) is 17.2 Å². The van der Waals surface area contributed by atoms with Crippen LogP contribution in [0.4, 0.5) is 5.69 Å². The number of esters is 1. The maximum Gasteiger partial charge on any atom is 0.340 e. The monoisotopic (exact) mass is 581 g/mol. The Hall–Kier alpha value is -4.63. The molecule has 0 N–H and O–H groups in total. The molecule has 0 bridgehead atoms. The fourth-order valence-corrected chi connectivity index (χ4v) is 7.44. The number of hydrogen-bond acceptors (Lipinski definition) is 6. The molecule has 6 rings (SSSR count). The van der Waals surface area contributed by atoms with E-state index in [0.29, 0.717) is 34.0 Å². The van der Waals surface area contributed by atoms with Gasteiger partial charge in [0.1, 0.15) is 0 Å². The number of anilines is 1. The lowest BCUT2D eigenvalue weighted by molar-refractivity contribution is 0.0602. The van der Waals surface area contributed by atoms with Gasteiger partial charge in [0.15, 0.2) is 0 Å². The number of fused-ring (bicyclic) bond motifs is 5. The number of amides is 1. The highest BCUT2D eigenvalue weighted by atomic mass is 32.2. The van der Waals surface area contributed by atoms with Gasteiger partial charge in [0.05, 0.1) is 34.2 Å². The first-order chi connectivity index (χ1) is 20.0. The van der Waals surface area contributed by atoms with E-state index in [9.17, 15) is 18.0 Å². The summed E-state index contributed by atoms with van der Waals surface area (Å²) in [6, 6.07) is 21.7. The van der Waals surface area contributed by atoms with Gasteiger partial charge in [0, 0.05) is 43.6 Å². The van der Waals surface area contributed by atoms with Crippen LogP contribution in [0.5, 0.6) is 0 Å². The van der Waals surface area contributed by atoms with Gasteiger partial charge in [-0.1, -0.05) is 35.9 Å². The summed E-state index contributed by atoms with van der Waals surface area (Å²) in [6.07, 6.45) is 0. The molecule has 5 aromatic rings. The molecule has 1 amide bonds. The molecule has 214 valence electrons. The SMILES string of the molecule is COC(=O)c1cc2c(c3c4cc(C)ccc4n(S(=O)(=O)c4cccc(C)c4)c13)C(=O)N(Cc1ccc(N(C)C)cc1)C2. The lowest BCUT2D eigenvalue weighted by Crippen LogP contribution is -2.23. The van der Waals surface area contributed by atoms with E-state index in [1.165, 1.54) is 17.1 Å². The zero-order chi connectivity index (χ0) is 29.9. The molecule has 0 fully saturated rings. The Kier molecular flexibility index (Phi) is 6.57. The van der Waals surface area contributed by atoms with Crippen molar-refractivity contribution < 1.29 is 22.7 Å². The lowest BCUT2D eigenvalue weighted by atomic mass is 9.98. The molecule has 1 aliphatic heterocycles. The van der Waals surface area contributed by atoms with E-state index in [4.69, 9.17) is 4.74 Å². The first-order valence-electron chi connectivity index (χ1n) is 13.6. The number of hydrogen-bond donors (Lipinski definition) is 0. The molecule has 8 nitrogen and oxygen atoms in total. The lowest BCUT2D eigenvalue weighted by Gasteiger charge is -2.17. The maximum absolute atomic E-state index is 14.3. The summed E-state index contributed by atoms with van der Waals surface area (Å²) in [6.45, 7) is 4.39. The first-order valence-corrected chi connectivity index (χ1v) is 15.0. The Balaban J connectivity index is 1.62. The zero-order valence-electron chi connectivity index (χ0n) is 24.1. The molecular formula is C33H31N3O5S. The highest BCUT2D eigenvalue weighted by Gasteiger charge is 2.36. The van der Waals surface area contributed by atoms with Gasteiger partial charge in [-0.3, -0.25) is 4.79 Å². The molecule has 0 saturated carbocycles. The van der Waals surface area contributed by atoms with Crippen molar-refractivity contribution in [3.63, 3.8) is 0 Å². The minimum atomic E-state index is -4.18. The molecule has 0 saturated heterocycles. The fourth-order valence-electron chi connectivity index (χ4n) is 5.80. The summed E-state index contributed by atoms with van der Waals surface area (Å²) in [7, 11) is 1.03. The summed E-state index contributed by atoms with van der Waals surface area (Å²) >= 11 is 0. The molecule has 1 aromatic heterocycles. The van der Waals surface area contributed by atoms with Crippen molar-refractivity contribution in [3.05, 3.63) is 106 Å². The quantitative estimate of drug-likeness (QED) is 0.241. The van der Waals surface area contributed by atoms with Crippen LogP contribution in [0.2, 0.25) is 0 Å². The first kappa shape index (κ1) is 27.5. The van der Waals surface area contributed by atoms with Crippen LogP contribution >= 0.6 is 0 Å². The molecule has 42 heavy (non-hydrogen) atoms. The van der Waals surface area contributed by atoms with Crippen molar-refractivity contribution in [2.24, 2.45) is 0 Å². The van der Waals surface area contributed by atoms with Crippen molar-refractivity contribution in [2.75, 3.05) is 26.1 Å². The number of aromatic nitrogens is 1. The van der Waals surface area contributed by atoms with Crippen molar-refractivity contribution >= 4 is 49.4 Å². The third-order valence-corrected chi connectivity index (χ3v) is 9.56. The summed E-state index contributed by atoms with van der Waals surface area (Å²) in [5.41, 5.74) is 5.41. The summed E-state index contributed by atoms with van der Waals surface area (Å²) in [4.78, 5) is 31.2. The topological polar surface area (TPSA) is 88.9 Å². The maximum atomic E-state index is 14.3. The van der Waals surface area contributed by atoms with Crippen molar-refractivity contribution in [3.8, 4) is 0 Å². The number of benzene rings is 4. The Morgan fingerprint density at radius 3 is 2.33 bits per heavy atom. The molecule has 0 unspecified atom stereocenters. The van der Waals surface area contributed by atoms with Crippen LogP contribution in [0.3, 0.4) is 0 Å². The number of methoxy groups -OCH3 is 1. The molecule has 4 aromatic carbocycles.